The van der Waals surface area contributed by atoms with Crippen LogP contribution < -0.4 is 5.56 Å². The van der Waals surface area contributed by atoms with Crippen LogP contribution in [0.2, 0.25) is 0 Å². The van der Waals surface area contributed by atoms with Crippen molar-refractivity contribution in [3.63, 3.8) is 0 Å². The molecule has 3 heterocycles. The summed E-state index contributed by atoms with van der Waals surface area (Å²) in [5.41, 5.74) is 3.91. The zero-order valence-electron chi connectivity index (χ0n) is 18.7. The Morgan fingerprint density at radius 2 is 2.10 bits per heavy atom. The van der Waals surface area contributed by atoms with E-state index in [0.717, 1.165) is 30.5 Å². The maximum Gasteiger partial charge on any atom is 0.281 e. The largest absolute Gasteiger partial charge is 0.342 e. The van der Waals surface area contributed by atoms with Crippen molar-refractivity contribution in [1.82, 2.24) is 29.9 Å². The molecule has 4 rings (SSSR count). The molecule has 0 bridgehead atoms. The molecule has 1 aliphatic rings. The van der Waals surface area contributed by atoms with Gasteiger partial charge in [-0.15, -0.1) is 5.10 Å². The molecule has 0 saturated carbocycles. The molecular weight excluding hydrogens is 392 g/mol. The number of benzene rings is 1. The second-order valence-electron chi connectivity index (χ2n) is 9.08. The van der Waals surface area contributed by atoms with Crippen LogP contribution >= 0.6 is 0 Å². The van der Waals surface area contributed by atoms with E-state index in [1.165, 1.54) is 5.56 Å². The number of H-pyrrole nitrogens is 1. The molecule has 1 amide bonds. The highest BCUT2D eigenvalue weighted by molar-refractivity contribution is 5.76. The van der Waals surface area contributed by atoms with Gasteiger partial charge in [0, 0.05) is 25.4 Å². The van der Waals surface area contributed by atoms with Gasteiger partial charge in [-0.05, 0) is 43.7 Å². The van der Waals surface area contributed by atoms with E-state index in [2.05, 4.69) is 61.2 Å². The highest BCUT2D eigenvalue weighted by atomic mass is 16.2. The second-order valence-corrected chi connectivity index (χ2v) is 9.08. The number of nitrogens with one attached hydrogen (secondary N) is 1. The molecule has 8 nitrogen and oxygen atoms in total. The third-order valence-corrected chi connectivity index (χ3v) is 5.96. The van der Waals surface area contributed by atoms with E-state index in [0.29, 0.717) is 36.9 Å². The van der Waals surface area contributed by atoms with Gasteiger partial charge in [0.25, 0.3) is 5.56 Å². The number of aryl methyl sites for hydroxylation is 2. The molecule has 1 fully saturated rings. The van der Waals surface area contributed by atoms with E-state index < -0.39 is 0 Å². The van der Waals surface area contributed by atoms with Gasteiger partial charge in [0.1, 0.15) is 5.82 Å². The van der Waals surface area contributed by atoms with Gasteiger partial charge in [-0.2, -0.15) is 0 Å². The molecule has 1 N–H and O–H groups in total. The summed E-state index contributed by atoms with van der Waals surface area (Å²) in [6.07, 6.45) is 2.33. The van der Waals surface area contributed by atoms with Crippen LogP contribution in [0, 0.1) is 19.8 Å². The third-order valence-electron chi connectivity index (χ3n) is 5.96. The monoisotopic (exact) mass is 422 g/mol. The predicted octanol–water partition coefficient (Wildman–Crippen LogP) is 2.93. The minimum Gasteiger partial charge on any atom is -0.342 e. The Balaban J connectivity index is 1.64. The molecule has 1 aromatic carbocycles. The molecule has 164 valence electrons. The zero-order chi connectivity index (χ0) is 22.1. The minimum absolute atomic E-state index is 0.00557. The molecule has 1 aliphatic heterocycles. The van der Waals surface area contributed by atoms with Crippen molar-refractivity contribution in [1.29, 1.82) is 0 Å². The van der Waals surface area contributed by atoms with Crippen molar-refractivity contribution in [2.75, 3.05) is 13.1 Å². The lowest BCUT2D eigenvalue weighted by atomic mass is 9.96. The van der Waals surface area contributed by atoms with E-state index >= 15 is 0 Å². The number of likely N-dealkylation sites (tertiary alicyclic amines) is 1. The Labute approximate surface area is 181 Å². The van der Waals surface area contributed by atoms with E-state index in [-0.39, 0.29) is 22.9 Å². The maximum atomic E-state index is 12.7. The first-order valence-electron chi connectivity index (χ1n) is 11.0. The van der Waals surface area contributed by atoms with Crippen LogP contribution in [0.15, 0.2) is 23.0 Å². The standard InChI is InChI=1S/C23H30N6O2/c1-14(2)10-19(30)28-9-5-6-17(12-28)21-24-22-20(23(31)25-21)26-27-29(22)13-18-11-15(3)7-8-16(18)4/h7-8,11,14,17H,5-6,9-10,12-13H2,1-4H3,(H,24,25,31). The third kappa shape index (κ3) is 4.52. The highest BCUT2D eigenvalue weighted by Crippen LogP contribution is 2.25. The fourth-order valence-electron chi connectivity index (χ4n) is 4.22. The summed E-state index contributed by atoms with van der Waals surface area (Å²) < 4.78 is 1.69. The van der Waals surface area contributed by atoms with E-state index in [9.17, 15) is 9.59 Å². The molecule has 0 aliphatic carbocycles. The quantitative estimate of drug-likeness (QED) is 0.682. The number of aromatic nitrogens is 5. The number of hydrogen-bond donors (Lipinski definition) is 1. The molecule has 1 saturated heterocycles. The van der Waals surface area contributed by atoms with Gasteiger partial charge in [-0.25, -0.2) is 9.67 Å². The average Bonchev–Trinajstić information content (AvgIpc) is 3.13. The first-order chi connectivity index (χ1) is 14.8. The van der Waals surface area contributed by atoms with Crippen LogP contribution in [0.4, 0.5) is 0 Å². The summed E-state index contributed by atoms with van der Waals surface area (Å²) >= 11 is 0. The molecule has 31 heavy (non-hydrogen) atoms. The van der Waals surface area contributed by atoms with Crippen molar-refractivity contribution in [3.8, 4) is 0 Å². The number of amides is 1. The summed E-state index contributed by atoms with van der Waals surface area (Å²) in [7, 11) is 0. The Hall–Kier alpha value is -3.03. The van der Waals surface area contributed by atoms with Gasteiger partial charge in [-0.1, -0.05) is 42.8 Å². The van der Waals surface area contributed by atoms with E-state index in [1.807, 2.05) is 4.90 Å². The van der Waals surface area contributed by atoms with Gasteiger partial charge in [0.05, 0.1) is 6.54 Å². The lowest BCUT2D eigenvalue weighted by Gasteiger charge is -2.32. The summed E-state index contributed by atoms with van der Waals surface area (Å²) in [5, 5.41) is 8.27. The number of carbonyl (C=O) groups excluding carboxylic acids is 1. The van der Waals surface area contributed by atoms with Crippen LogP contribution in [0.25, 0.3) is 11.2 Å². The van der Waals surface area contributed by atoms with Gasteiger partial charge < -0.3 is 9.88 Å². The van der Waals surface area contributed by atoms with Crippen molar-refractivity contribution in [3.05, 3.63) is 51.1 Å². The fourth-order valence-corrected chi connectivity index (χ4v) is 4.22. The summed E-state index contributed by atoms with van der Waals surface area (Å²) in [4.78, 5) is 34.8. The number of carbonyl (C=O) groups is 1. The maximum absolute atomic E-state index is 12.7. The van der Waals surface area contributed by atoms with Crippen LogP contribution in [0.1, 0.15) is 61.5 Å². The minimum atomic E-state index is -0.280. The number of rotatable bonds is 5. The van der Waals surface area contributed by atoms with Crippen molar-refractivity contribution >= 4 is 17.1 Å². The van der Waals surface area contributed by atoms with Gasteiger partial charge >= 0.3 is 0 Å². The second kappa shape index (κ2) is 8.61. The first kappa shape index (κ1) is 21.2. The Bertz CT molecular complexity index is 1160. The Morgan fingerprint density at radius 1 is 1.29 bits per heavy atom. The number of fused-ring (bicyclic) bond motifs is 1. The molecule has 1 atom stereocenters. The van der Waals surface area contributed by atoms with E-state index in [4.69, 9.17) is 4.98 Å². The summed E-state index contributed by atoms with van der Waals surface area (Å²) in [5.74, 6) is 1.12. The topological polar surface area (TPSA) is 96.8 Å². The molecular formula is C23H30N6O2. The normalized spacial score (nSPS) is 16.9. The molecule has 0 spiro atoms. The van der Waals surface area contributed by atoms with Gasteiger partial charge in [-0.3, -0.25) is 9.59 Å². The summed E-state index contributed by atoms with van der Waals surface area (Å²) in [6.45, 7) is 10.1. The number of aromatic amines is 1. The first-order valence-corrected chi connectivity index (χ1v) is 11.0. The smallest absolute Gasteiger partial charge is 0.281 e. The van der Waals surface area contributed by atoms with E-state index in [1.54, 1.807) is 4.68 Å². The zero-order valence-corrected chi connectivity index (χ0v) is 18.7. The lowest BCUT2D eigenvalue weighted by Crippen LogP contribution is -2.40. The fraction of sp³-hybridized carbons (Fsp3) is 0.522. The number of hydrogen-bond acceptors (Lipinski definition) is 5. The average molecular weight is 423 g/mol. The SMILES string of the molecule is Cc1ccc(C)c(Cn2nnc3c(=O)[nH]c(C4CCCN(C(=O)CC(C)C)C4)nc32)c1. The van der Waals surface area contributed by atoms with Crippen molar-refractivity contribution < 1.29 is 4.79 Å². The molecule has 1 unspecified atom stereocenters. The van der Waals surface area contributed by atoms with Crippen LogP contribution in [0.5, 0.6) is 0 Å². The van der Waals surface area contributed by atoms with Crippen molar-refractivity contribution in [2.45, 2.75) is 59.4 Å². The van der Waals surface area contributed by atoms with Crippen LogP contribution in [-0.4, -0.2) is 48.9 Å². The molecule has 8 heteroatoms. The van der Waals surface area contributed by atoms with Gasteiger partial charge in [0.2, 0.25) is 5.91 Å². The lowest BCUT2D eigenvalue weighted by molar-refractivity contribution is -0.133. The van der Waals surface area contributed by atoms with Gasteiger partial charge in [0.15, 0.2) is 11.2 Å². The molecule has 0 radical (unpaired) electrons. The molecule has 3 aromatic rings. The molecule has 2 aromatic heterocycles. The predicted molar refractivity (Wildman–Crippen MR) is 119 cm³/mol. The summed E-state index contributed by atoms with van der Waals surface area (Å²) in [6, 6.07) is 6.28. The number of piperidine rings is 1. The van der Waals surface area contributed by atoms with Crippen LogP contribution in [0.3, 0.4) is 0 Å². The Kier molecular flexibility index (Phi) is 5.89. The van der Waals surface area contributed by atoms with Crippen molar-refractivity contribution in [2.24, 2.45) is 5.92 Å². The Morgan fingerprint density at radius 3 is 2.87 bits per heavy atom. The van der Waals surface area contributed by atoms with Crippen LogP contribution in [-0.2, 0) is 11.3 Å². The highest BCUT2D eigenvalue weighted by Gasteiger charge is 2.27. The number of nitrogens with zero attached hydrogens (tertiary/aromatic N) is 5.